The summed E-state index contributed by atoms with van der Waals surface area (Å²) < 4.78 is 1.68. The van der Waals surface area contributed by atoms with Crippen LogP contribution in [0.4, 0.5) is 5.69 Å². The van der Waals surface area contributed by atoms with Crippen molar-refractivity contribution in [1.29, 1.82) is 0 Å². The number of aliphatic hydroxyl groups is 1. The number of aromatic nitrogens is 2. The lowest BCUT2D eigenvalue weighted by Gasteiger charge is -2.09. The second-order valence-corrected chi connectivity index (χ2v) is 5.75. The first-order chi connectivity index (χ1) is 11.1. The molecule has 3 rings (SSSR count). The van der Waals surface area contributed by atoms with Crippen LogP contribution in [0.1, 0.15) is 5.82 Å². The molecule has 0 saturated heterocycles. The molecule has 0 radical (unpaired) electrons. The Hall–Kier alpha value is -2.08. The molecule has 23 heavy (non-hydrogen) atoms. The van der Waals surface area contributed by atoms with E-state index in [1.807, 2.05) is 24.3 Å². The number of amides is 1. The fourth-order valence-corrected chi connectivity index (χ4v) is 2.64. The van der Waals surface area contributed by atoms with Gasteiger partial charge in [0.25, 0.3) is 0 Å². The van der Waals surface area contributed by atoms with Gasteiger partial charge in [0.15, 0.2) is 0 Å². The third-order valence-corrected chi connectivity index (χ3v) is 4.12. The summed E-state index contributed by atoms with van der Waals surface area (Å²) in [5.41, 5.74) is 2.08. The van der Waals surface area contributed by atoms with Crippen LogP contribution in [0.5, 0.6) is 0 Å². The summed E-state index contributed by atoms with van der Waals surface area (Å²) in [6.45, 7) is -0.203. The molecular formula is C16H13Cl2N3O2. The van der Waals surface area contributed by atoms with Crippen LogP contribution in [-0.4, -0.2) is 20.6 Å². The Morgan fingerprint density at radius 2 is 1.96 bits per heavy atom. The third-order valence-electron chi connectivity index (χ3n) is 3.38. The van der Waals surface area contributed by atoms with Gasteiger partial charge in [-0.25, -0.2) is 4.98 Å². The number of nitrogens with one attached hydrogen (secondary N) is 1. The highest BCUT2D eigenvalue weighted by atomic mass is 35.5. The fourth-order valence-electron chi connectivity index (χ4n) is 2.34. The normalized spacial score (nSPS) is 10.9. The molecular weight excluding hydrogens is 337 g/mol. The number of carbonyl (C=O) groups is 1. The van der Waals surface area contributed by atoms with Crippen LogP contribution in [0.25, 0.3) is 11.0 Å². The molecule has 1 heterocycles. The lowest BCUT2D eigenvalue weighted by Crippen LogP contribution is -2.20. The second-order valence-electron chi connectivity index (χ2n) is 4.94. The number of para-hydroxylation sites is 2. The first-order valence-electron chi connectivity index (χ1n) is 6.88. The number of carbonyl (C=O) groups excluding carboxylic acids is 1. The van der Waals surface area contributed by atoms with E-state index < -0.39 is 0 Å². The van der Waals surface area contributed by atoms with Crippen LogP contribution in [-0.2, 0) is 17.9 Å². The number of hydrogen-bond acceptors (Lipinski definition) is 3. The number of rotatable bonds is 4. The van der Waals surface area contributed by atoms with E-state index in [4.69, 9.17) is 23.2 Å². The van der Waals surface area contributed by atoms with Gasteiger partial charge in [0.1, 0.15) is 19.0 Å². The number of imidazole rings is 1. The molecule has 2 N–H and O–H groups in total. The van der Waals surface area contributed by atoms with Gasteiger partial charge in [0.2, 0.25) is 5.91 Å². The zero-order valence-electron chi connectivity index (χ0n) is 12.0. The van der Waals surface area contributed by atoms with E-state index in [9.17, 15) is 9.90 Å². The zero-order valence-corrected chi connectivity index (χ0v) is 13.5. The second kappa shape index (κ2) is 6.58. The molecule has 7 heteroatoms. The molecule has 0 saturated carbocycles. The van der Waals surface area contributed by atoms with Crippen molar-refractivity contribution in [2.45, 2.75) is 13.2 Å². The van der Waals surface area contributed by atoms with Crippen molar-refractivity contribution in [3.63, 3.8) is 0 Å². The Morgan fingerprint density at radius 1 is 1.17 bits per heavy atom. The summed E-state index contributed by atoms with van der Waals surface area (Å²) in [6.07, 6.45) is 0. The van der Waals surface area contributed by atoms with Crippen LogP contribution in [0.15, 0.2) is 42.5 Å². The average molecular weight is 350 g/mol. The van der Waals surface area contributed by atoms with Crippen molar-refractivity contribution in [1.82, 2.24) is 9.55 Å². The summed E-state index contributed by atoms with van der Waals surface area (Å²) in [7, 11) is 0. The average Bonchev–Trinajstić information content (AvgIpc) is 2.89. The van der Waals surface area contributed by atoms with Crippen molar-refractivity contribution in [3.8, 4) is 0 Å². The molecule has 0 atom stereocenters. The molecule has 3 aromatic rings. The van der Waals surface area contributed by atoms with Gasteiger partial charge in [-0.1, -0.05) is 35.3 Å². The summed E-state index contributed by atoms with van der Waals surface area (Å²) >= 11 is 11.8. The minimum atomic E-state index is -0.249. The molecule has 1 amide bonds. The highest BCUT2D eigenvalue weighted by Crippen LogP contribution is 2.25. The Bertz CT molecular complexity index is 877. The maximum atomic E-state index is 12.3. The lowest BCUT2D eigenvalue weighted by atomic mass is 10.3. The number of fused-ring (bicyclic) bond motifs is 1. The highest BCUT2D eigenvalue weighted by molar-refractivity contribution is 6.42. The number of nitrogens with zero attached hydrogens (tertiary/aromatic N) is 2. The summed E-state index contributed by atoms with van der Waals surface area (Å²) in [6, 6.07) is 12.3. The number of benzene rings is 2. The maximum Gasteiger partial charge on any atom is 0.244 e. The number of aliphatic hydroxyl groups excluding tert-OH is 1. The summed E-state index contributed by atoms with van der Waals surface area (Å²) in [4.78, 5) is 16.6. The number of hydrogen-bond donors (Lipinski definition) is 2. The van der Waals surface area contributed by atoms with Crippen LogP contribution in [0.3, 0.4) is 0 Å². The summed E-state index contributed by atoms with van der Waals surface area (Å²) in [5.74, 6) is 0.191. The molecule has 0 aliphatic rings. The molecule has 1 aromatic heterocycles. The molecule has 118 valence electrons. The van der Waals surface area contributed by atoms with Crippen molar-refractivity contribution >= 4 is 45.8 Å². The molecule has 0 spiro atoms. The van der Waals surface area contributed by atoms with Crippen LogP contribution < -0.4 is 5.32 Å². The largest absolute Gasteiger partial charge is 0.388 e. The topological polar surface area (TPSA) is 67.2 Å². The quantitative estimate of drug-likeness (QED) is 0.757. The highest BCUT2D eigenvalue weighted by Gasteiger charge is 2.13. The van der Waals surface area contributed by atoms with E-state index in [-0.39, 0.29) is 19.1 Å². The van der Waals surface area contributed by atoms with Crippen LogP contribution in [0.2, 0.25) is 10.0 Å². The molecule has 0 fully saturated rings. The molecule has 0 unspecified atom stereocenters. The van der Waals surface area contributed by atoms with Gasteiger partial charge >= 0.3 is 0 Å². The predicted molar refractivity (Wildman–Crippen MR) is 90.7 cm³/mol. The molecule has 2 aromatic carbocycles. The Labute approximate surface area is 142 Å². The van der Waals surface area contributed by atoms with Gasteiger partial charge in [-0.2, -0.15) is 0 Å². The van der Waals surface area contributed by atoms with Gasteiger partial charge < -0.3 is 15.0 Å². The Kier molecular flexibility index (Phi) is 4.52. The lowest BCUT2D eigenvalue weighted by molar-refractivity contribution is -0.116. The van der Waals surface area contributed by atoms with Crippen molar-refractivity contribution in [3.05, 3.63) is 58.3 Å². The molecule has 5 nitrogen and oxygen atoms in total. The minimum absolute atomic E-state index is 0.0383. The number of halogens is 2. The Morgan fingerprint density at radius 3 is 2.70 bits per heavy atom. The van der Waals surface area contributed by atoms with Gasteiger partial charge in [-0.3, -0.25) is 4.79 Å². The monoisotopic (exact) mass is 349 g/mol. The maximum absolute atomic E-state index is 12.3. The van der Waals surface area contributed by atoms with E-state index in [1.165, 1.54) is 0 Å². The molecule has 0 aliphatic carbocycles. The van der Waals surface area contributed by atoms with Crippen molar-refractivity contribution in [2.24, 2.45) is 0 Å². The Balaban J connectivity index is 1.83. The first-order valence-corrected chi connectivity index (χ1v) is 7.64. The van der Waals surface area contributed by atoms with E-state index in [1.54, 1.807) is 22.8 Å². The van der Waals surface area contributed by atoms with E-state index in [0.29, 0.717) is 21.6 Å². The predicted octanol–water partition coefficient (Wildman–Crippen LogP) is 3.47. The van der Waals surface area contributed by atoms with E-state index >= 15 is 0 Å². The molecule has 0 bridgehead atoms. The fraction of sp³-hybridized carbons (Fsp3) is 0.125. The molecule has 0 aliphatic heterocycles. The van der Waals surface area contributed by atoms with Gasteiger partial charge in [0, 0.05) is 5.69 Å². The smallest absolute Gasteiger partial charge is 0.244 e. The zero-order chi connectivity index (χ0) is 16.4. The van der Waals surface area contributed by atoms with Gasteiger partial charge in [0.05, 0.1) is 21.1 Å². The standard InChI is InChI=1S/C16H13Cl2N3O2/c17-11-6-5-10(7-12(11)18)19-16(23)8-21-14-4-2-1-3-13(14)20-15(21)9-22/h1-7,22H,8-9H2,(H,19,23). The number of anilines is 1. The van der Waals surface area contributed by atoms with Crippen LogP contribution in [0, 0.1) is 0 Å². The van der Waals surface area contributed by atoms with Crippen molar-refractivity contribution < 1.29 is 9.90 Å². The summed E-state index contributed by atoms with van der Waals surface area (Å²) in [5, 5.41) is 13.0. The SMILES string of the molecule is O=C(Cn1c(CO)nc2ccccc21)Nc1ccc(Cl)c(Cl)c1. The third kappa shape index (κ3) is 3.32. The van der Waals surface area contributed by atoms with Crippen LogP contribution >= 0.6 is 23.2 Å². The minimum Gasteiger partial charge on any atom is -0.388 e. The van der Waals surface area contributed by atoms with Gasteiger partial charge in [-0.05, 0) is 30.3 Å². The van der Waals surface area contributed by atoms with Gasteiger partial charge in [-0.15, -0.1) is 0 Å². The van der Waals surface area contributed by atoms with E-state index in [0.717, 1.165) is 11.0 Å². The first kappa shape index (κ1) is 15.8. The van der Waals surface area contributed by atoms with Crippen molar-refractivity contribution in [2.75, 3.05) is 5.32 Å². The van der Waals surface area contributed by atoms with E-state index in [2.05, 4.69) is 10.3 Å².